The Labute approximate surface area is 72.8 Å². The molecule has 0 saturated carbocycles. The van der Waals surface area contributed by atoms with E-state index < -0.39 is 0 Å². The minimum atomic E-state index is -0.147. The smallest absolute Gasteiger partial charge is 0.243 e. The van der Waals surface area contributed by atoms with E-state index in [9.17, 15) is 4.79 Å². The van der Waals surface area contributed by atoms with Gasteiger partial charge < -0.3 is 10.5 Å². The third-order valence-electron chi connectivity index (χ3n) is 1.17. The largest absolute Gasteiger partial charge is 0.410 e. The lowest BCUT2D eigenvalue weighted by molar-refractivity contribution is -0.118. The summed E-state index contributed by atoms with van der Waals surface area (Å²) in [6, 6.07) is 0. The van der Waals surface area contributed by atoms with Crippen molar-refractivity contribution < 1.29 is 10.0 Å². The molecule has 0 aromatic carbocycles. The average Bonchev–Trinajstić information content (AvgIpc) is 2.50. The number of carbonyl (C=O) groups excluding carboxylic acids is 1. The summed E-state index contributed by atoms with van der Waals surface area (Å²) in [7, 11) is 1.59. The lowest BCUT2D eigenvalue weighted by atomic mass is 10.7. The zero-order chi connectivity index (χ0) is 8.27. The minimum Gasteiger partial charge on any atom is -0.410 e. The van der Waals surface area contributed by atoms with Crippen LogP contribution in [0.3, 0.4) is 0 Å². The molecule has 1 aliphatic rings. The van der Waals surface area contributed by atoms with Gasteiger partial charge >= 0.3 is 0 Å². The van der Waals surface area contributed by atoms with E-state index in [2.05, 4.69) is 10.5 Å². The van der Waals surface area contributed by atoms with Gasteiger partial charge in [-0.3, -0.25) is 4.79 Å². The molecule has 1 saturated heterocycles. The molecule has 1 heterocycles. The standard InChI is InChI=1S/C5H8N2O2S2/c1-6-4(8)5-10-2-3(7-9)11-5/h5,9H,2H2,1H3,(H,6,8). The van der Waals surface area contributed by atoms with E-state index in [1.54, 1.807) is 7.05 Å². The molecule has 1 atom stereocenters. The van der Waals surface area contributed by atoms with E-state index in [1.165, 1.54) is 23.5 Å². The first-order chi connectivity index (χ1) is 5.27. The molecule has 11 heavy (non-hydrogen) atoms. The van der Waals surface area contributed by atoms with Crippen molar-refractivity contribution in [2.75, 3.05) is 12.8 Å². The Balaban J connectivity index is 2.48. The lowest BCUT2D eigenvalue weighted by Gasteiger charge is -2.02. The van der Waals surface area contributed by atoms with Gasteiger partial charge in [-0.25, -0.2) is 0 Å². The van der Waals surface area contributed by atoms with Crippen molar-refractivity contribution in [2.24, 2.45) is 5.16 Å². The molecule has 0 radical (unpaired) electrons. The second-order valence-corrected chi connectivity index (χ2v) is 4.44. The third-order valence-corrected chi connectivity index (χ3v) is 3.94. The van der Waals surface area contributed by atoms with E-state index in [-0.39, 0.29) is 10.5 Å². The molecule has 1 rings (SSSR count). The number of hydrogen-bond donors (Lipinski definition) is 2. The van der Waals surface area contributed by atoms with Crippen molar-refractivity contribution in [3.8, 4) is 0 Å². The van der Waals surface area contributed by atoms with E-state index in [4.69, 9.17) is 5.21 Å². The summed E-state index contributed by atoms with van der Waals surface area (Å²) in [6.45, 7) is 0. The fourth-order valence-corrected chi connectivity index (χ4v) is 3.06. The molecule has 1 unspecified atom stereocenters. The third kappa shape index (κ3) is 2.03. The van der Waals surface area contributed by atoms with Crippen LogP contribution in [0.25, 0.3) is 0 Å². The highest BCUT2D eigenvalue weighted by Crippen LogP contribution is 2.33. The first-order valence-corrected chi connectivity index (χ1v) is 4.91. The van der Waals surface area contributed by atoms with Gasteiger partial charge in [0, 0.05) is 12.8 Å². The van der Waals surface area contributed by atoms with Crippen molar-refractivity contribution >= 4 is 34.5 Å². The highest BCUT2D eigenvalue weighted by molar-refractivity contribution is 8.30. The summed E-state index contributed by atoms with van der Waals surface area (Å²) in [5.41, 5.74) is 0. The normalized spacial score (nSPS) is 27.4. The number of rotatable bonds is 1. The quantitative estimate of drug-likeness (QED) is 0.464. The van der Waals surface area contributed by atoms with E-state index in [0.29, 0.717) is 10.8 Å². The Kier molecular flexibility index (Phi) is 3.07. The number of amides is 1. The van der Waals surface area contributed by atoms with Gasteiger partial charge in [0.25, 0.3) is 0 Å². The molecule has 0 bridgehead atoms. The zero-order valence-corrected chi connectivity index (χ0v) is 7.54. The SMILES string of the molecule is CNC(=O)C1SCC(=NO)S1. The van der Waals surface area contributed by atoms with Crippen LogP contribution < -0.4 is 5.32 Å². The second kappa shape index (κ2) is 3.87. The number of nitrogens with zero attached hydrogens (tertiary/aromatic N) is 1. The van der Waals surface area contributed by atoms with Crippen LogP contribution in [0.2, 0.25) is 0 Å². The summed E-state index contributed by atoms with van der Waals surface area (Å²) in [6.07, 6.45) is 0. The minimum absolute atomic E-state index is 0.0290. The van der Waals surface area contributed by atoms with Crippen molar-refractivity contribution in [1.29, 1.82) is 0 Å². The van der Waals surface area contributed by atoms with Crippen molar-refractivity contribution in [2.45, 2.75) is 4.58 Å². The van der Waals surface area contributed by atoms with Crippen LogP contribution in [-0.2, 0) is 4.79 Å². The van der Waals surface area contributed by atoms with Gasteiger partial charge in [0.15, 0.2) is 0 Å². The van der Waals surface area contributed by atoms with Crippen LogP contribution in [0, 0.1) is 0 Å². The molecule has 0 aromatic heterocycles. The Morgan fingerprint density at radius 1 is 1.91 bits per heavy atom. The predicted molar refractivity (Wildman–Crippen MR) is 47.1 cm³/mol. The first kappa shape index (κ1) is 8.73. The van der Waals surface area contributed by atoms with Gasteiger partial charge in [0.2, 0.25) is 5.91 Å². The molecular weight excluding hydrogens is 184 g/mol. The highest BCUT2D eigenvalue weighted by atomic mass is 32.2. The van der Waals surface area contributed by atoms with Crippen molar-refractivity contribution in [1.82, 2.24) is 5.32 Å². The van der Waals surface area contributed by atoms with Gasteiger partial charge in [-0.1, -0.05) is 16.9 Å². The first-order valence-electron chi connectivity index (χ1n) is 2.98. The molecule has 2 N–H and O–H groups in total. The molecule has 1 fully saturated rings. The topological polar surface area (TPSA) is 61.7 Å². The number of hydrogen-bond acceptors (Lipinski definition) is 5. The number of nitrogens with one attached hydrogen (secondary N) is 1. The predicted octanol–water partition coefficient (Wildman–Crippen LogP) is 0.326. The van der Waals surface area contributed by atoms with Gasteiger partial charge in [0.05, 0.1) is 0 Å². The van der Waals surface area contributed by atoms with Crippen molar-refractivity contribution in [3.05, 3.63) is 0 Å². The second-order valence-electron chi connectivity index (χ2n) is 1.87. The van der Waals surface area contributed by atoms with Crippen LogP contribution in [-0.4, -0.2) is 33.5 Å². The fraction of sp³-hybridized carbons (Fsp3) is 0.600. The molecule has 1 amide bonds. The fourth-order valence-electron chi connectivity index (χ4n) is 0.638. The molecule has 62 valence electrons. The number of thioether (sulfide) groups is 2. The van der Waals surface area contributed by atoms with Gasteiger partial charge in [0.1, 0.15) is 9.63 Å². The summed E-state index contributed by atoms with van der Waals surface area (Å²) in [4.78, 5) is 11.0. The Bertz CT molecular complexity index is 195. The van der Waals surface area contributed by atoms with E-state index in [0.717, 1.165) is 0 Å². The van der Waals surface area contributed by atoms with Crippen LogP contribution in [0.4, 0.5) is 0 Å². The van der Waals surface area contributed by atoms with Crippen LogP contribution in [0.5, 0.6) is 0 Å². The monoisotopic (exact) mass is 192 g/mol. The van der Waals surface area contributed by atoms with Crippen molar-refractivity contribution in [3.63, 3.8) is 0 Å². The van der Waals surface area contributed by atoms with Crippen LogP contribution >= 0.6 is 23.5 Å². The van der Waals surface area contributed by atoms with Crippen LogP contribution in [0.15, 0.2) is 5.16 Å². The Morgan fingerprint density at radius 3 is 3.09 bits per heavy atom. The molecule has 0 spiro atoms. The number of carbonyl (C=O) groups is 1. The maximum Gasteiger partial charge on any atom is 0.243 e. The zero-order valence-electron chi connectivity index (χ0n) is 5.90. The van der Waals surface area contributed by atoms with Gasteiger partial charge in [-0.15, -0.1) is 11.8 Å². The Morgan fingerprint density at radius 2 is 2.64 bits per heavy atom. The van der Waals surface area contributed by atoms with E-state index >= 15 is 0 Å². The molecule has 0 aliphatic carbocycles. The maximum atomic E-state index is 11.0. The molecule has 4 nitrogen and oxygen atoms in total. The summed E-state index contributed by atoms with van der Waals surface area (Å²) in [5, 5.41) is 14.5. The molecular formula is C5H8N2O2S2. The summed E-state index contributed by atoms with van der Waals surface area (Å²) >= 11 is 2.76. The average molecular weight is 192 g/mol. The van der Waals surface area contributed by atoms with Crippen LogP contribution in [0.1, 0.15) is 0 Å². The lowest BCUT2D eigenvalue weighted by Crippen LogP contribution is -2.25. The summed E-state index contributed by atoms with van der Waals surface area (Å²) in [5.74, 6) is 0.595. The molecule has 6 heteroatoms. The molecule has 0 aromatic rings. The summed E-state index contributed by atoms with van der Waals surface area (Å²) < 4.78 is -0.147. The Hall–Kier alpha value is -0.360. The van der Waals surface area contributed by atoms with E-state index in [1.807, 2.05) is 0 Å². The number of oxime groups is 1. The maximum absolute atomic E-state index is 11.0. The molecule has 1 aliphatic heterocycles. The van der Waals surface area contributed by atoms with Gasteiger partial charge in [-0.2, -0.15) is 0 Å². The van der Waals surface area contributed by atoms with Gasteiger partial charge in [-0.05, 0) is 0 Å². The highest BCUT2D eigenvalue weighted by Gasteiger charge is 2.28.